The van der Waals surface area contributed by atoms with Crippen LogP contribution >= 0.6 is 0 Å². The van der Waals surface area contributed by atoms with Crippen LogP contribution in [-0.2, 0) is 22.6 Å². The lowest BCUT2D eigenvalue weighted by Gasteiger charge is -2.26. The Hall–Kier alpha value is -3.03. The second kappa shape index (κ2) is 9.45. The molecule has 1 aliphatic rings. The van der Waals surface area contributed by atoms with E-state index in [1.165, 1.54) is 4.90 Å². The molecule has 8 nitrogen and oxygen atoms in total. The van der Waals surface area contributed by atoms with E-state index in [0.29, 0.717) is 50.7 Å². The highest BCUT2D eigenvalue weighted by Gasteiger charge is 2.27. The SMILES string of the molecule is CCOc1ccc(CCNC(=O)CN2C(=O)CCn3nc(C)cc32)cc1OCC. The molecule has 0 saturated heterocycles. The molecular formula is C21H28N4O4. The standard InChI is InChI=1S/C21H28N4O4/c1-4-28-17-7-6-16(13-18(17)29-5-2)8-10-22-19(26)14-24-20-12-15(3)23-25(20)11-9-21(24)27/h6-7,12-13H,4-5,8-11,14H2,1-3H3,(H,22,26). The van der Waals surface area contributed by atoms with Crippen molar-refractivity contribution in [2.75, 3.05) is 31.2 Å². The largest absolute Gasteiger partial charge is 0.490 e. The van der Waals surface area contributed by atoms with Crippen LogP contribution in [0.25, 0.3) is 0 Å². The van der Waals surface area contributed by atoms with E-state index < -0.39 is 0 Å². The molecule has 1 N–H and O–H groups in total. The van der Waals surface area contributed by atoms with Gasteiger partial charge in [0, 0.05) is 19.0 Å². The molecule has 29 heavy (non-hydrogen) atoms. The Balaban J connectivity index is 1.55. The molecule has 0 unspecified atom stereocenters. The van der Waals surface area contributed by atoms with E-state index in [4.69, 9.17) is 9.47 Å². The van der Waals surface area contributed by atoms with Gasteiger partial charge in [-0.2, -0.15) is 5.10 Å². The third kappa shape index (κ3) is 5.07. The number of rotatable bonds is 9. The van der Waals surface area contributed by atoms with Crippen LogP contribution in [0.2, 0.25) is 0 Å². The number of aryl methyl sites for hydroxylation is 2. The van der Waals surface area contributed by atoms with E-state index in [9.17, 15) is 9.59 Å². The fraction of sp³-hybridized carbons (Fsp3) is 0.476. The molecule has 1 aliphatic heterocycles. The van der Waals surface area contributed by atoms with Gasteiger partial charge in [0.15, 0.2) is 11.5 Å². The number of aromatic nitrogens is 2. The molecule has 0 fully saturated rings. The summed E-state index contributed by atoms with van der Waals surface area (Å²) in [6.45, 7) is 7.89. The first kappa shape index (κ1) is 20.7. The zero-order valence-electron chi connectivity index (χ0n) is 17.2. The Bertz CT molecular complexity index is 878. The fourth-order valence-corrected chi connectivity index (χ4v) is 3.34. The molecule has 0 radical (unpaired) electrons. The van der Waals surface area contributed by atoms with Crippen LogP contribution in [0.4, 0.5) is 5.82 Å². The molecule has 2 aromatic rings. The van der Waals surface area contributed by atoms with Gasteiger partial charge in [-0.3, -0.25) is 14.5 Å². The van der Waals surface area contributed by atoms with Crippen LogP contribution in [-0.4, -0.2) is 47.9 Å². The predicted molar refractivity (Wildman–Crippen MR) is 109 cm³/mol. The lowest BCUT2D eigenvalue weighted by atomic mass is 10.1. The minimum absolute atomic E-state index is 0.00254. The maximum Gasteiger partial charge on any atom is 0.240 e. The molecule has 2 amide bonds. The van der Waals surface area contributed by atoms with Crippen molar-refractivity contribution >= 4 is 17.6 Å². The van der Waals surface area contributed by atoms with Crippen molar-refractivity contribution in [3.05, 3.63) is 35.5 Å². The number of fused-ring (bicyclic) bond motifs is 1. The van der Waals surface area contributed by atoms with E-state index in [1.807, 2.05) is 45.0 Å². The highest BCUT2D eigenvalue weighted by atomic mass is 16.5. The van der Waals surface area contributed by atoms with Gasteiger partial charge in [0.25, 0.3) is 0 Å². The highest BCUT2D eigenvalue weighted by molar-refractivity contribution is 5.98. The van der Waals surface area contributed by atoms with Crippen molar-refractivity contribution in [1.29, 1.82) is 0 Å². The normalized spacial score (nSPS) is 13.2. The summed E-state index contributed by atoms with van der Waals surface area (Å²) in [5.41, 5.74) is 1.88. The van der Waals surface area contributed by atoms with Crippen LogP contribution in [0.5, 0.6) is 11.5 Å². The van der Waals surface area contributed by atoms with Crippen molar-refractivity contribution < 1.29 is 19.1 Å². The summed E-state index contributed by atoms with van der Waals surface area (Å²) >= 11 is 0. The first-order chi connectivity index (χ1) is 14.0. The molecule has 0 atom stereocenters. The van der Waals surface area contributed by atoms with E-state index in [-0.39, 0.29) is 18.4 Å². The van der Waals surface area contributed by atoms with Crippen LogP contribution in [0.1, 0.15) is 31.5 Å². The van der Waals surface area contributed by atoms with Gasteiger partial charge >= 0.3 is 0 Å². The van der Waals surface area contributed by atoms with Crippen molar-refractivity contribution in [2.24, 2.45) is 0 Å². The third-order valence-corrected chi connectivity index (χ3v) is 4.64. The quantitative estimate of drug-likeness (QED) is 0.697. The minimum atomic E-state index is -0.193. The molecular weight excluding hydrogens is 372 g/mol. The number of ether oxygens (including phenoxy) is 2. The monoisotopic (exact) mass is 400 g/mol. The van der Waals surface area contributed by atoms with Crippen molar-refractivity contribution in [3.63, 3.8) is 0 Å². The Kier molecular flexibility index (Phi) is 6.74. The third-order valence-electron chi connectivity index (χ3n) is 4.64. The lowest BCUT2D eigenvalue weighted by molar-refractivity contribution is -0.124. The van der Waals surface area contributed by atoms with Crippen LogP contribution < -0.4 is 19.7 Å². The van der Waals surface area contributed by atoms with Crippen LogP contribution in [0.3, 0.4) is 0 Å². The zero-order valence-corrected chi connectivity index (χ0v) is 17.2. The van der Waals surface area contributed by atoms with E-state index in [0.717, 1.165) is 17.0 Å². The smallest absolute Gasteiger partial charge is 0.240 e. The first-order valence-electron chi connectivity index (χ1n) is 10.0. The number of benzene rings is 1. The van der Waals surface area contributed by atoms with Gasteiger partial charge in [0.1, 0.15) is 12.4 Å². The number of carbonyl (C=O) groups is 2. The molecule has 1 aromatic carbocycles. The Morgan fingerprint density at radius 1 is 1.17 bits per heavy atom. The molecule has 0 spiro atoms. The maximum atomic E-state index is 12.4. The first-order valence-corrected chi connectivity index (χ1v) is 10.0. The number of carbonyl (C=O) groups excluding carboxylic acids is 2. The molecule has 0 aliphatic carbocycles. The summed E-state index contributed by atoms with van der Waals surface area (Å²) < 4.78 is 13.0. The molecule has 3 rings (SSSR count). The number of anilines is 1. The summed E-state index contributed by atoms with van der Waals surface area (Å²) in [5.74, 6) is 1.86. The fourth-order valence-electron chi connectivity index (χ4n) is 3.34. The van der Waals surface area contributed by atoms with Gasteiger partial charge in [-0.15, -0.1) is 0 Å². The van der Waals surface area contributed by atoms with Gasteiger partial charge in [-0.25, -0.2) is 4.68 Å². The van der Waals surface area contributed by atoms with E-state index >= 15 is 0 Å². The van der Waals surface area contributed by atoms with E-state index in [1.54, 1.807) is 4.68 Å². The summed E-state index contributed by atoms with van der Waals surface area (Å²) in [4.78, 5) is 26.2. The second-order valence-corrected chi connectivity index (χ2v) is 6.84. The van der Waals surface area contributed by atoms with Gasteiger partial charge in [-0.1, -0.05) is 6.07 Å². The van der Waals surface area contributed by atoms with Crippen LogP contribution in [0, 0.1) is 6.92 Å². The molecule has 0 saturated carbocycles. The maximum absolute atomic E-state index is 12.4. The predicted octanol–water partition coefficient (Wildman–Crippen LogP) is 2.08. The summed E-state index contributed by atoms with van der Waals surface area (Å²) in [6.07, 6.45) is 1.01. The molecule has 1 aromatic heterocycles. The molecule has 8 heteroatoms. The Morgan fingerprint density at radius 3 is 2.69 bits per heavy atom. The average molecular weight is 400 g/mol. The number of hydrogen-bond donors (Lipinski definition) is 1. The molecule has 156 valence electrons. The number of hydrogen-bond acceptors (Lipinski definition) is 5. The lowest BCUT2D eigenvalue weighted by Crippen LogP contribution is -2.44. The van der Waals surface area contributed by atoms with Gasteiger partial charge < -0.3 is 14.8 Å². The van der Waals surface area contributed by atoms with Crippen molar-refractivity contribution in [1.82, 2.24) is 15.1 Å². The minimum Gasteiger partial charge on any atom is -0.490 e. The molecule has 2 heterocycles. The molecule has 0 bridgehead atoms. The number of amides is 2. The number of nitrogens with one attached hydrogen (secondary N) is 1. The Labute approximate surface area is 170 Å². The van der Waals surface area contributed by atoms with E-state index in [2.05, 4.69) is 10.4 Å². The Morgan fingerprint density at radius 2 is 1.93 bits per heavy atom. The number of nitrogens with zero attached hydrogens (tertiary/aromatic N) is 3. The van der Waals surface area contributed by atoms with Gasteiger partial charge in [0.2, 0.25) is 11.8 Å². The van der Waals surface area contributed by atoms with Crippen LogP contribution in [0.15, 0.2) is 24.3 Å². The van der Waals surface area contributed by atoms with Gasteiger partial charge in [-0.05, 0) is 44.9 Å². The second-order valence-electron chi connectivity index (χ2n) is 6.84. The zero-order chi connectivity index (χ0) is 20.8. The summed E-state index contributed by atoms with van der Waals surface area (Å²) in [7, 11) is 0. The average Bonchev–Trinajstić information content (AvgIpc) is 3.07. The highest BCUT2D eigenvalue weighted by Crippen LogP contribution is 2.28. The summed E-state index contributed by atoms with van der Waals surface area (Å²) in [5, 5.41) is 7.25. The summed E-state index contributed by atoms with van der Waals surface area (Å²) in [6, 6.07) is 7.63. The topological polar surface area (TPSA) is 85.7 Å². The van der Waals surface area contributed by atoms with Crippen molar-refractivity contribution in [2.45, 2.75) is 40.2 Å². The van der Waals surface area contributed by atoms with Gasteiger partial charge in [0.05, 0.1) is 25.5 Å². The van der Waals surface area contributed by atoms with Crippen molar-refractivity contribution in [3.8, 4) is 11.5 Å².